The van der Waals surface area contributed by atoms with Gasteiger partial charge in [0.1, 0.15) is 17.1 Å². The second-order valence-electron chi connectivity index (χ2n) is 6.22. The zero-order chi connectivity index (χ0) is 18.8. The van der Waals surface area contributed by atoms with Crippen LogP contribution in [-0.2, 0) is 0 Å². The molecule has 0 aliphatic heterocycles. The van der Waals surface area contributed by atoms with Crippen molar-refractivity contribution in [2.45, 2.75) is 6.92 Å². The van der Waals surface area contributed by atoms with Crippen LogP contribution < -0.4 is 4.74 Å². The minimum atomic E-state index is -0.0812. The standard InChI is InChI=1S/C21H20BrNO3/c1-13(23(2)3)11-19-20(21(24)14-5-7-15(22)8-6-14)17-12-16(25-4)9-10-18(17)26-19/h5-12H,1-4H3. The van der Waals surface area contributed by atoms with E-state index in [-0.39, 0.29) is 5.78 Å². The van der Waals surface area contributed by atoms with E-state index in [9.17, 15) is 4.79 Å². The number of furan rings is 1. The normalized spacial score (nSPS) is 11.7. The Morgan fingerprint density at radius 1 is 1.15 bits per heavy atom. The van der Waals surface area contributed by atoms with E-state index >= 15 is 0 Å². The minimum absolute atomic E-state index is 0.0812. The van der Waals surface area contributed by atoms with Crippen LogP contribution in [0.25, 0.3) is 17.0 Å². The average molecular weight is 414 g/mol. The Hall–Kier alpha value is -2.53. The van der Waals surface area contributed by atoms with Gasteiger partial charge in [0.25, 0.3) is 0 Å². The van der Waals surface area contributed by atoms with E-state index in [2.05, 4.69) is 15.9 Å². The number of carbonyl (C=O) groups is 1. The van der Waals surface area contributed by atoms with Gasteiger partial charge >= 0.3 is 0 Å². The van der Waals surface area contributed by atoms with Gasteiger partial charge in [0, 0.05) is 41.3 Å². The smallest absolute Gasteiger partial charge is 0.197 e. The lowest BCUT2D eigenvalue weighted by atomic mass is 9.99. The highest BCUT2D eigenvalue weighted by molar-refractivity contribution is 9.10. The molecule has 0 aliphatic rings. The van der Waals surface area contributed by atoms with E-state index in [1.54, 1.807) is 19.2 Å². The number of benzene rings is 2. The first-order valence-corrected chi connectivity index (χ1v) is 8.96. The third-order valence-electron chi connectivity index (χ3n) is 4.30. The first kappa shape index (κ1) is 18.3. The van der Waals surface area contributed by atoms with Crippen LogP contribution in [0.5, 0.6) is 5.75 Å². The molecule has 3 aromatic rings. The maximum atomic E-state index is 13.2. The molecule has 26 heavy (non-hydrogen) atoms. The number of ketones is 1. The molecule has 0 saturated heterocycles. The zero-order valence-corrected chi connectivity index (χ0v) is 16.8. The van der Waals surface area contributed by atoms with E-state index in [4.69, 9.17) is 9.15 Å². The Morgan fingerprint density at radius 3 is 2.46 bits per heavy atom. The number of halogens is 1. The molecule has 0 amide bonds. The van der Waals surface area contributed by atoms with Gasteiger partial charge in [0.15, 0.2) is 5.78 Å². The van der Waals surface area contributed by atoms with Crippen molar-refractivity contribution in [3.63, 3.8) is 0 Å². The number of ether oxygens (including phenoxy) is 1. The van der Waals surface area contributed by atoms with Gasteiger partial charge in [0.2, 0.25) is 0 Å². The molecule has 3 rings (SSSR count). The molecule has 0 spiro atoms. The Balaban J connectivity index is 2.23. The zero-order valence-electron chi connectivity index (χ0n) is 15.2. The third kappa shape index (κ3) is 3.53. The van der Waals surface area contributed by atoms with Crippen LogP contribution in [0, 0.1) is 0 Å². The van der Waals surface area contributed by atoms with Gasteiger partial charge < -0.3 is 14.1 Å². The fourth-order valence-electron chi connectivity index (χ4n) is 2.62. The summed E-state index contributed by atoms with van der Waals surface area (Å²) in [6.07, 6.45) is 1.89. The fraction of sp³-hybridized carbons (Fsp3) is 0.190. The Morgan fingerprint density at radius 2 is 1.85 bits per heavy atom. The highest BCUT2D eigenvalue weighted by atomic mass is 79.9. The predicted octanol–water partition coefficient (Wildman–Crippen LogP) is 5.36. The van der Waals surface area contributed by atoms with Crippen LogP contribution in [0.15, 0.2) is 57.1 Å². The van der Waals surface area contributed by atoms with Crippen molar-refractivity contribution in [2.24, 2.45) is 0 Å². The second-order valence-corrected chi connectivity index (χ2v) is 7.14. The highest BCUT2D eigenvalue weighted by Gasteiger charge is 2.22. The largest absolute Gasteiger partial charge is 0.497 e. The predicted molar refractivity (Wildman–Crippen MR) is 108 cm³/mol. The molecule has 0 atom stereocenters. The number of rotatable bonds is 5. The molecule has 134 valence electrons. The number of methoxy groups -OCH3 is 1. The molecular formula is C21H20BrNO3. The van der Waals surface area contributed by atoms with E-state index < -0.39 is 0 Å². The van der Waals surface area contributed by atoms with Gasteiger partial charge in [-0.3, -0.25) is 4.79 Å². The van der Waals surface area contributed by atoms with Crippen LogP contribution >= 0.6 is 15.9 Å². The molecule has 0 radical (unpaired) electrons. The topological polar surface area (TPSA) is 42.7 Å². The summed E-state index contributed by atoms with van der Waals surface area (Å²) in [4.78, 5) is 15.2. The van der Waals surface area contributed by atoms with E-state index in [1.165, 1.54) is 0 Å². The van der Waals surface area contributed by atoms with Crippen LogP contribution in [0.2, 0.25) is 0 Å². The number of allylic oxidation sites excluding steroid dienone is 1. The molecule has 0 bridgehead atoms. The lowest BCUT2D eigenvalue weighted by Crippen LogP contribution is -2.08. The summed E-state index contributed by atoms with van der Waals surface area (Å²) in [6.45, 7) is 1.97. The first-order valence-electron chi connectivity index (χ1n) is 8.17. The van der Waals surface area contributed by atoms with Crippen molar-refractivity contribution in [1.82, 2.24) is 4.90 Å². The first-order chi connectivity index (χ1) is 12.4. The maximum absolute atomic E-state index is 13.2. The molecule has 2 aromatic carbocycles. The third-order valence-corrected chi connectivity index (χ3v) is 4.83. The second kappa shape index (κ2) is 7.38. The quantitative estimate of drug-likeness (QED) is 0.528. The van der Waals surface area contributed by atoms with Gasteiger partial charge in [-0.2, -0.15) is 0 Å². The van der Waals surface area contributed by atoms with Crippen LogP contribution in [0.1, 0.15) is 28.6 Å². The van der Waals surface area contributed by atoms with Crippen LogP contribution in [-0.4, -0.2) is 31.9 Å². The van der Waals surface area contributed by atoms with E-state index in [0.29, 0.717) is 28.2 Å². The molecule has 1 aromatic heterocycles. The molecule has 0 aliphatic carbocycles. The Labute approximate surface area is 161 Å². The highest BCUT2D eigenvalue weighted by Crippen LogP contribution is 2.32. The summed E-state index contributed by atoms with van der Waals surface area (Å²) >= 11 is 3.40. The van der Waals surface area contributed by atoms with Crippen molar-refractivity contribution in [3.8, 4) is 5.75 Å². The number of carbonyl (C=O) groups excluding carboxylic acids is 1. The lowest BCUT2D eigenvalue weighted by Gasteiger charge is -2.12. The van der Waals surface area contributed by atoms with Crippen molar-refractivity contribution in [1.29, 1.82) is 0 Å². The number of hydrogen-bond acceptors (Lipinski definition) is 4. The van der Waals surface area contributed by atoms with E-state index in [1.807, 2.05) is 62.3 Å². The number of hydrogen-bond donors (Lipinski definition) is 0. The van der Waals surface area contributed by atoms with Gasteiger partial charge in [-0.1, -0.05) is 15.9 Å². The average Bonchev–Trinajstić information content (AvgIpc) is 2.98. The summed E-state index contributed by atoms with van der Waals surface area (Å²) in [5, 5.41) is 0.745. The Kier molecular flexibility index (Phi) is 5.18. The summed E-state index contributed by atoms with van der Waals surface area (Å²) < 4.78 is 12.2. The minimum Gasteiger partial charge on any atom is -0.497 e. The monoisotopic (exact) mass is 413 g/mol. The molecule has 0 fully saturated rings. The molecule has 5 heteroatoms. The van der Waals surface area contributed by atoms with Crippen LogP contribution in [0.4, 0.5) is 0 Å². The van der Waals surface area contributed by atoms with Crippen molar-refractivity contribution < 1.29 is 13.9 Å². The molecular weight excluding hydrogens is 394 g/mol. The summed E-state index contributed by atoms with van der Waals surface area (Å²) in [5.74, 6) is 1.15. The fourth-order valence-corrected chi connectivity index (χ4v) is 2.89. The van der Waals surface area contributed by atoms with Gasteiger partial charge in [-0.25, -0.2) is 0 Å². The molecule has 4 nitrogen and oxygen atoms in total. The van der Waals surface area contributed by atoms with Gasteiger partial charge in [-0.15, -0.1) is 0 Å². The Bertz CT molecular complexity index is 984. The SMILES string of the molecule is COc1ccc2oc(C=C(C)N(C)C)c(C(=O)c3ccc(Br)cc3)c2c1. The van der Waals surface area contributed by atoms with E-state index in [0.717, 1.165) is 15.6 Å². The molecule has 0 unspecified atom stereocenters. The van der Waals surface area contributed by atoms with Crippen molar-refractivity contribution >= 4 is 38.8 Å². The van der Waals surface area contributed by atoms with Crippen LogP contribution in [0.3, 0.4) is 0 Å². The summed E-state index contributed by atoms with van der Waals surface area (Å²) in [6, 6.07) is 12.8. The van der Waals surface area contributed by atoms with Gasteiger partial charge in [0.05, 0.1) is 12.7 Å². The molecule has 0 saturated carbocycles. The summed E-state index contributed by atoms with van der Waals surface area (Å²) in [5.41, 5.74) is 2.79. The van der Waals surface area contributed by atoms with Crippen molar-refractivity contribution in [2.75, 3.05) is 21.2 Å². The summed E-state index contributed by atoms with van der Waals surface area (Å²) in [7, 11) is 5.51. The molecule has 1 heterocycles. The maximum Gasteiger partial charge on any atom is 0.197 e. The number of nitrogens with zero attached hydrogens (tertiary/aromatic N) is 1. The van der Waals surface area contributed by atoms with Crippen molar-refractivity contribution in [3.05, 3.63) is 69.5 Å². The molecule has 0 N–H and O–H groups in total. The lowest BCUT2D eigenvalue weighted by molar-refractivity contribution is 0.103. The van der Waals surface area contributed by atoms with Gasteiger partial charge in [-0.05, 0) is 49.4 Å². The number of fused-ring (bicyclic) bond motifs is 1.